The molecule has 0 saturated heterocycles. The Morgan fingerprint density at radius 2 is 1.51 bits per heavy atom. The molecule has 7 rings (SSSR count). The maximum absolute atomic E-state index is 13.3. The molecular formula is C45H47ClN14O9. The van der Waals surface area contributed by atoms with Crippen LogP contribution in [-0.4, -0.2) is 112 Å². The van der Waals surface area contributed by atoms with Crippen LogP contribution in [-0.2, 0) is 27.5 Å². The minimum Gasteiger partial charge on any atom is -0.483 e. The number of anilines is 4. The summed E-state index contributed by atoms with van der Waals surface area (Å²) >= 11 is 6.84. The smallest absolute Gasteiger partial charge is 0.323 e. The predicted molar refractivity (Wildman–Crippen MR) is 253 cm³/mol. The lowest BCUT2D eigenvalue weighted by atomic mass is 9.98. The number of rotatable bonds is 21. The summed E-state index contributed by atoms with van der Waals surface area (Å²) < 4.78 is 6.65. The molecule has 0 unspecified atom stereocenters. The van der Waals surface area contributed by atoms with Crippen molar-refractivity contribution in [2.24, 2.45) is 0 Å². The van der Waals surface area contributed by atoms with E-state index in [1.165, 1.54) is 23.0 Å². The normalized spacial score (nSPS) is 11.2. The summed E-state index contributed by atoms with van der Waals surface area (Å²) in [6.07, 6.45) is 5.40. The molecule has 358 valence electrons. The summed E-state index contributed by atoms with van der Waals surface area (Å²) in [5.41, 5.74) is 10.8. The van der Waals surface area contributed by atoms with E-state index >= 15 is 0 Å². The van der Waals surface area contributed by atoms with Gasteiger partial charge in [-0.1, -0.05) is 48.0 Å². The second kappa shape index (κ2) is 24.4. The summed E-state index contributed by atoms with van der Waals surface area (Å²) in [4.78, 5) is 79.7. The maximum Gasteiger partial charge on any atom is 0.323 e. The fraction of sp³-hybridized carbons (Fsp3) is 0.222. The minimum atomic E-state index is -1.18. The molecular weight excluding hydrogens is 916 g/mol. The van der Waals surface area contributed by atoms with Crippen molar-refractivity contribution < 1.29 is 43.7 Å². The van der Waals surface area contributed by atoms with Gasteiger partial charge in [-0.15, -0.1) is 5.10 Å². The number of amides is 3. The van der Waals surface area contributed by atoms with E-state index in [1.807, 2.05) is 13.0 Å². The quantitative estimate of drug-likeness (QED) is 0.0363. The molecule has 11 N–H and O–H groups in total. The molecule has 0 saturated carbocycles. The lowest BCUT2D eigenvalue weighted by molar-refractivity contribution is -0.140. The predicted octanol–water partition coefficient (Wildman–Crippen LogP) is 3.62. The number of aliphatic hydroxyl groups excluding tert-OH is 1. The standard InChI is InChI=1S/C44H45ClN14O7.CH2O2/c1-25-28(29-7-3-9-31(37(29)45)54-40(63)33-15-13-27(22-51-33)23-52-34(24-60)41(64)65)6-2-8-30(25)53-39(62)32-14-12-26(21-50-32)20-47-17-18-48-36(61)11-4-16-49-43-56-42(46)59-44(57-43)55-38(58-59)35-10-5-19-66-35;2-1-3/h2-3,5-10,12-15,19,21-22,34,47,52,60H,4,11,16-18,20,23-24H2,1H3,(H,48,61)(H,53,62)(H,54,63)(H,64,65)(H3,46,49,55,56,57,58);1H,(H,2,3)/t34-;/m0./s1. The Balaban J connectivity index is 0.00000254. The first kappa shape index (κ1) is 50.0. The van der Waals surface area contributed by atoms with Crippen molar-refractivity contribution in [1.29, 1.82) is 0 Å². The number of carbonyl (C=O) groups is 5. The highest BCUT2D eigenvalue weighted by Crippen LogP contribution is 2.37. The average Bonchev–Trinajstić information content (AvgIpc) is 4.04. The van der Waals surface area contributed by atoms with Crippen LogP contribution in [0.2, 0.25) is 5.02 Å². The number of hydrogen-bond acceptors (Lipinski definition) is 17. The maximum atomic E-state index is 13.3. The summed E-state index contributed by atoms with van der Waals surface area (Å²) in [5, 5.41) is 47.4. The van der Waals surface area contributed by atoms with Crippen LogP contribution < -0.4 is 37.6 Å². The second-order valence-corrected chi connectivity index (χ2v) is 15.2. The van der Waals surface area contributed by atoms with Crippen molar-refractivity contribution in [1.82, 2.24) is 50.5 Å². The van der Waals surface area contributed by atoms with E-state index in [9.17, 15) is 24.3 Å². The minimum absolute atomic E-state index is 0.100. The van der Waals surface area contributed by atoms with E-state index in [4.69, 9.17) is 36.8 Å². The van der Waals surface area contributed by atoms with Gasteiger partial charge in [-0.05, 0) is 72.0 Å². The Morgan fingerprint density at radius 1 is 0.841 bits per heavy atom. The highest BCUT2D eigenvalue weighted by Gasteiger charge is 2.19. The van der Waals surface area contributed by atoms with Gasteiger partial charge < -0.3 is 52.1 Å². The van der Waals surface area contributed by atoms with E-state index in [2.05, 4.69) is 61.9 Å². The van der Waals surface area contributed by atoms with Crippen LogP contribution in [0.5, 0.6) is 0 Å². The van der Waals surface area contributed by atoms with Gasteiger partial charge in [0.05, 0.1) is 23.6 Å². The number of carbonyl (C=O) groups excluding carboxylic acids is 3. The largest absolute Gasteiger partial charge is 0.483 e. The molecule has 5 heterocycles. The number of nitrogens with zero attached hydrogens (tertiary/aromatic N) is 7. The number of carboxylic acids is 1. The number of aliphatic hydroxyl groups is 1. The molecule has 69 heavy (non-hydrogen) atoms. The number of aromatic nitrogens is 7. The number of nitrogens with one attached hydrogen (secondary N) is 6. The molecule has 2 aromatic carbocycles. The van der Waals surface area contributed by atoms with Crippen molar-refractivity contribution in [2.75, 3.05) is 47.9 Å². The fourth-order valence-electron chi connectivity index (χ4n) is 6.53. The van der Waals surface area contributed by atoms with Crippen LogP contribution in [0.15, 0.2) is 95.9 Å². The third-order valence-electron chi connectivity index (χ3n) is 10.1. The summed E-state index contributed by atoms with van der Waals surface area (Å²) in [6, 6.07) is 19.5. The lowest BCUT2D eigenvalue weighted by Gasteiger charge is -2.16. The summed E-state index contributed by atoms with van der Waals surface area (Å²) in [7, 11) is 0. The molecule has 0 bridgehead atoms. The lowest BCUT2D eigenvalue weighted by Crippen LogP contribution is -2.39. The van der Waals surface area contributed by atoms with Gasteiger partial charge in [0.15, 0.2) is 5.76 Å². The number of hydrogen-bond donors (Lipinski definition) is 10. The third kappa shape index (κ3) is 13.6. The van der Waals surface area contributed by atoms with Crippen molar-refractivity contribution in [3.05, 3.63) is 125 Å². The Kier molecular flexibility index (Phi) is 17.7. The average molecular weight is 963 g/mol. The van der Waals surface area contributed by atoms with Gasteiger partial charge in [0, 0.05) is 62.8 Å². The molecule has 7 aromatic rings. The number of benzene rings is 2. The summed E-state index contributed by atoms with van der Waals surface area (Å²) in [6.45, 7) is 3.00. The van der Waals surface area contributed by atoms with E-state index in [1.54, 1.807) is 66.9 Å². The fourth-order valence-corrected chi connectivity index (χ4v) is 6.80. The molecule has 23 nitrogen and oxygen atoms in total. The van der Waals surface area contributed by atoms with Crippen LogP contribution in [0.1, 0.15) is 50.5 Å². The van der Waals surface area contributed by atoms with Gasteiger partial charge >= 0.3 is 5.97 Å². The number of fused-ring (bicyclic) bond motifs is 1. The zero-order valence-corrected chi connectivity index (χ0v) is 37.6. The van der Waals surface area contributed by atoms with Crippen LogP contribution in [0.4, 0.5) is 23.3 Å². The van der Waals surface area contributed by atoms with Crippen molar-refractivity contribution >= 4 is 70.8 Å². The van der Waals surface area contributed by atoms with E-state index in [0.717, 1.165) is 16.7 Å². The van der Waals surface area contributed by atoms with E-state index in [0.29, 0.717) is 73.1 Å². The third-order valence-corrected chi connectivity index (χ3v) is 10.5. The highest BCUT2D eigenvalue weighted by molar-refractivity contribution is 6.36. The monoisotopic (exact) mass is 962 g/mol. The molecule has 3 amide bonds. The Hall–Kier alpha value is -8.38. The highest BCUT2D eigenvalue weighted by atomic mass is 35.5. The van der Waals surface area contributed by atoms with E-state index in [-0.39, 0.29) is 53.0 Å². The van der Waals surface area contributed by atoms with Gasteiger partial charge in [-0.2, -0.15) is 19.5 Å². The first-order valence-electron chi connectivity index (χ1n) is 21.1. The number of pyridine rings is 2. The number of nitrogens with two attached hydrogens (primary N) is 1. The van der Waals surface area contributed by atoms with Crippen LogP contribution in [0.25, 0.3) is 28.5 Å². The van der Waals surface area contributed by atoms with Crippen LogP contribution in [0.3, 0.4) is 0 Å². The molecule has 0 fully saturated rings. The first-order valence-corrected chi connectivity index (χ1v) is 21.5. The molecule has 24 heteroatoms. The Bertz CT molecular complexity index is 2880. The molecule has 0 aliphatic heterocycles. The Labute approximate surface area is 398 Å². The Morgan fingerprint density at radius 3 is 2.14 bits per heavy atom. The molecule has 0 spiro atoms. The SMILES string of the molecule is Cc1c(NC(=O)c2ccc(CNCCNC(=O)CCCNc3nc(N)n4nc(-c5ccco5)nc4n3)cn2)cccc1-c1cccc(NC(=O)c2ccc(CN[C@@H](CO)C(=O)O)cn2)c1Cl.O=CO. The molecule has 0 radical (unpaired) electrons. The second-order valence-electron chi connectivity index (χ2n) is 14.8. The van der Waals surface area contributed by atoms with Crippen molar-refractivity contribution in [3.8, 4) is 22.7 Å². The topological polar surface area (TPSA) is 339 Å². The van der Waals surface area contributed by atoms with Crippen LogP contribution in [0, 0.1) is 6.92 Å². The van der Waals surface area contributed by atoms with Gasteiger partial charge in [0.1, 0.15) is 17.4 Å². The number of furan rings is 1. The number of halogens is 1. The van der Waals surface area contributed by atoms with E-state index < -0.39 is 30.4 Å². The molecule has 0 aliphatic carbocycles. The molecule has 1 atom stereocenters. The van der Waals surface area contributed by atoms with Gasteiger partial charge in [-0.25, -0.2) is 0 Å². The van der Waals surface area contributed by atoms with Gasteiger partial charge in [0.25, 0.3) is 24.1 Å². The zero-order valence-electron chi connectivity index (χ0n) is 36.8. The molecule has 5 aromatic heterocycles. The zero-order chi connectivity index (χ0) is 49.3. The summed E-state index contributed by atoms with van der Waals surface area (Å²) in [5.74, 6) is -0.739. The number of nitrogen functional groups attached to an aromatic ring is 1. The van der Waals surface area contributed by atoms with Gasteiger partial charge in [0.2, 0.25) is 23.6 Å². The van der Waals surface area contributed by atoms with Crippen LogP contribution >= 0.6 is 11.6 Å². The molecule has 0 aliphatic rings. The van der Waals surface area contributed by atoms with Crippen molar-refractivity contribution in [2.45, 2.75) is 38.9 Å². The number of aliphatic carboxylic acids is 1. The van der Waals surface area contributed by atoms with Gasteiger partial charge in [-0.3, -0.25) is 39.3 Å². The first-order chi connectivity index (χ1) is 33.4. The number of carboxylic acid groups (broad SMARTS) is 2. The van der Waals surface area contributed by atoms with Crippen molar-refractivity contribution in [3.63, 3.8) is 0 Å².